The highest BCUT2D eigenvalue weighted by molar-refractivity contribution is 5.23. The second kappa shape index (κ2) is 8.32. The third-order valence-electron chi connectivity index (χ3n) is 1.61. The van der Waals surface area contributed by atoms with Gasteiger partial charge in [0, 0.05) is 0 Å². The zero-order valence-electron chi connectivity index (χ0n) is 8.51. The number of hydrogen-bond acceptors (Lipinski definition) is 0. The van der Waals surface area contributed by atoms with Crippen molar-refractivity contribution in [3.8, 4) is 0 Å². The summed E-state index contributed by atoms with van der Waals surface area (Å²) < 4.78 is 0. The van der Waals surface area contributed by atoms with Gasteiger partial charge in [0.25, 0.3) is 0 Å². The van der Waals surface area contributed by atoms with Gasteiger partial charge in [0.2, 0.25) is 0 Å². The van der Waals surface area contributed by atoms with Crippen LogP contribution in [-0.4, -0.2) is 0 Å². The molecule has 0 N–H and O–H groups in total. The van der Waals surface area contributed by atoms with Gasteiger partial charge in [0.05, 0.1) is 0 Å². The molecular weight excluding hydrogens is 144 g/mol. The van der Waals surface area contributed by atoms with E-state index < -0.39 is 0 Å². The van der Waals surface area contributed by atoms with Crippen LogP contribution in [0, 0.1) is 0 Å². The van der Waals surface area contributed by atoms with E-state index in [1.54, 1.807) is 0 Å². The largest absolute Gasteiger partial charge is 0.0877 e. The van der Waals surface area contributed by atoms with Crippen LogP contribution >= 0.6 is 0 Å². The van der Waals surface area contributed by atoms with Crippen molar-refractivity contribution in [2.24, 2.45) is 0 Å². The lowest BCUT2D eigenvalue weighted by Crippen LogP contribution is -1.76. The summed E-state index contributed by atoms with van der Waals surface area (Å²) in [7, 11) is 0. The Bertz CT molecular complexity index is 170. The monoisotopic (exact) mass is 164 g/mol. The molecule has 0 saturated carbocycles. The van der Waals surface area contributed by atoms with Crippen LogP contribution in [0.1, 0.15) is 40.0 Å². The topological polar surface area (TPSA) is 0 Å². The third kappa shape index (κ3) is 5.96. The van der Waals surface area contributed by atoms with Gasteiger partial charge in [0.1, 0.15) is 0 Å². The molecule has 0 rings (SSSR count). The van der Waals surface area contributed by atoms with E-state index in [4.69, 9.17) is 0 Å². The second-order valence-electron chi connectivity index (χ2n) is 2.83. The molecule has 0 nitrogen and oxygen atoms in total. The van der Waals surface area contributed by atoms with E-state index in [1.807, 2.05) is 6.92 Å². The van der Waals surface area contributed by atoms with Crippen molar-refractivity contribution in [2.45, 2.75) is 40.0 Å². The Morgan fingerprint density at radius 1 is 1.25 bits per heavy atom. The van der Waals surface area contributed by atoms with Crippen molar-refractivity contribution in [2.75, 3.05) is 0 Å². The molecule has 0 spiro atoms. The molecule has 0 bridgehead atoms. The van der Waals surface area contributed by atoms with Gasteiger partial charge in [-0.05, 0) is 25.3 Å². The van der Waals surface area contributed by atoms with E-state index in [9.17, 15) is 0 Å². The summed E-state index contributed by atoms with van der Waals surface area (Å²) >= 11 is 0. The zero-order chi connectivity index (χ0) is 9.23. The fraction of sp³-hybridized carbons (Fsp3) is 0.500. The van der Waals surface area contributed by atoms with Crippen molar-refractivity contribution >= 4 is 0 Å². The summed E-state index contributed by atoms with van der Waals surface area (Å²) in [5, 5.41) is 0. The summed E-state index contributed by atoms with van der Waals surface area (Å²) in [6.07, 6.45) is 14.3. The molecule has 0 heteroatoms. The van der Waals surface area contributed by atoms with Gasteiger partial charge in [-0.15, -0.1) is 0 Å². The van der Waals surface area contributed by atoms with E-state index in [2.05, 4.69) is 44.2 Å². The molecule has 0 radical (unpaired) electrons. The van der Waals surface area contributed by atoms with Gasteiger partial charge in [-0.2, -0.15) is 0 Å². The molecule has 0 aromatic heterocycles. The maximum Gasteiger partial charge on any atom is -0.0282 e. The lowest BCUT2D eigenvalue weighted by atomic mass is 10.1. The van der Waals surface area contributed by atoms with E-state index in [-0.39, 0.29) is 0 Å². The molecule has 0 atom stereocenters. The predicted octanol–water partition coefficient (Wildman–Crippen LogP) is 4.26. The van der Waals surface area contributed by atoms with Crippen molar-refractivity contribution in [3.63, 3.8) is 0 Å². The van der Waals surface area contributed by atoms with Gasteiger partial charge in [-0.1, -0.05) is 50.6 Å². The zero-order valence-corrected chi connectivity index (χ0v) is 8.51. The standard InChI is InChI=1S/C12H20/c1-4-7-10-12(9-6-3)11-8-5-2/h4,7-8,10-11H,5-6,9H2,1-3H3/b7-4+,11-8-,12-10-. The minimum absolute atomic E-state index is 1.12. The maximum absolute atomic E-state index is 2.23. The first kappa shape index (κ1) is 11.2. The fourth-order valence-electron chi connectivity index (χ4n) is 1.000. The molecule has 0 aromatic rings. The van der Waals surface area contributed by atoms with Crippen LogP contribution < -0.4 is 0 Å². The summed E-state index contributed by atoms with van der Waals surface area (Å²) in [6.45, 7) is 6.42. The van der Waals surface area contributed by atoms with Crippen molar-refractivity contribution in [3.05, 3.63) is 36.0 Å². The smallest absolute Gasteiger partial charge is 0.0282 e. The summed E-state index contributed by atoms with van der Waals surface area (Å²) in [5.41, 5.74) is 1.43. The van der Waals surface area contributed by atoms with Gasteiger partial charge >= 0.3 is 0 Å². The Hall–Kier alpha value is -0.780. The van der Waals surface area contributed by atoms with Crippen LogP contribution in [-0.2, 0) is 0 Å². The van der Waals surface area contributed by atoms with Crippen LogP contribution in [0.2, 0.25) is 0 Å². The SMILES string of the molecule is C/C=C/C=C(\C=C/CC)CCC. The lowest BCUT2D eigenvalue weighted by Gasteiger charge is -1.96. The molecule has 12 heavy (non-hydrogen) atoms. The Kier molecular flexibility index (Phi) is 7.78. The van der Waals surface area contributed by atoms with E-state index in [0.717, 1.165) is 6.42 Å². The van der Waals surface area contributed by atoms with Crippen LogP contribution in [0.4, 0.5) is 0 Å². The molecule has 68 valence electrons. The van der Waals surface area contributed by atoms with Crippen LogP contribution in [0.25, 0.3) is 0 Å². The number of allylic oxidation sites excluding steroid dienone is 6. The van der Waals surface area contributed by atoms with Gasteiger partial charge in [-0.25, -0.2) is 0 Å². The summed E-state index contributed by atoms with van der Waals surface area (Å²) in [5.74, 6) is 0. The normalized spacial score (nSPS) is 13.4. The van der Waals surface area contributed by atoms with Crippen molar-refractivity contribution in [1.29, 1.82) is 0 Å². The first-order valence-corrected chi connectivity index (χ1v) is 4.83. The Morgan fingerprint density at radius 2 is 2.00 bits per heavy atom. The fourth-order valence-corrected chi connectivity index (χ4v) is 1.000. The predicted molar refractivity (Wildman–Crippen MR) is 57.2 cm³/mol. The van der Waals surface area contributed by atoms with Crippen LogP contribution in [0.3, 0.4) is 0 Å². The summed E-state index contributed by atoms with van der Waals surface area (Å²) in [4.78, 5) is 0. The van der Waals surface area contributed by atoms with Crippen molar-refractivity contribution < 1.29 is 0 Å². The molecule has 0 amide bonds. The highest BCUT2D eigenvalue weighted by Gasteiger charge is 1.86. The molecule has 0 aliphatic heterocycles. The van der Waals surface area contributed by atoms with Crippen LogP contribution in [0.5, 0.6) is 0 Å². The van der Waals surface area contributed by atoms with Gasteiger partial charge in [0.15, 0.2) is 0 Å². The minimum atomic E-state index is 1.12. The summed E-state index contributed by atoms with van der Waals surface area (Å²) in [6, 6.07) is 0. The molecule has 0 aliphatic rings. The molecule has 0 saturated heterocycles. The number of rotatable bonds is 5. The quantitative estimate of drug-likeness (QED) is 0.533. The average Bonchev–Trinajstić information content (AvgIpc) is 2.10. The highest BCUT2D eigenvalue weighted by atomic mass is 13.9. The first-order chi connectivity index (χ1) is 5.85. The van der Waals surface area contributed by atoms with Gasteiger partial charge in [-0.3, -0.25) is 0 Å². The lowest BCUT2D eigenvalue weighted by molar-refractivity contribution is 0.925. The Balaban J connectivity index is 4.11. The van der Waals surface area contributed by atoms with Crippen molar-refractivity contribution in [1.82, 2.24) is 0 Å². The molecular formula is C12H20. The Labute approximate surface area is 76.7 Å². The molecule has 0 unspecified atom stereocenters. The van der Waals surface area contributed by atoms with E-state index >= 15 is 0 Å². The third-order valence-corrected chi connectivity index (χ3v) is 1.61. The van der Waals surface area contributed by atoms with Crippen LogP contribution in [0.15, 0.2) is 36.0 Å². The number of hydrogen-bond donors (Lipinski definition) is 0. The second-order valence-corrected chi connectivity index (χ2v) is 2.83. The van der Waals surface area contributed by atoms with E-state index in [0.29, 0.717) is 0 Å². The highest BCUT2D eigenvalue weighted by Crippen LogP contribution is 2.07. The average molecular weight is 164 g/mol. The molecule has 0 aromatic carbocycles. The first-order valence-electron chi connectivity index (χ1n) is 4.83. The molecule has 0 fully saturated rings. The Morgan fingerprint density at radius 3 is 2.50 bits per heavy atom. The molecule has 0 heterocycles. The van der Waals surface area contributed by atoms with Gasteiger partial charge < -0.3 is 0 Å². The minimum Gasteiger partial charge on any atom is -0.0877 e. The molecule has 0 aliphatic carbocycles. The maximum atomic E-state index is 2.23. The van der Waals surface area contributed by atoms with E-state index in [1.165, 1.54) is 18.4 Å².